The monoisotopic (exact) mass is 391 g/mol. The van der Waals surface area contributed by atoms with E-state index in [2.05, 4.69) is 83.1 Å². The highest BCUT2D eigenvalue weighted by atomic mass is 15.2. The topological polar surface area (TPSA) is 45.5 Å². The number of anilines is 1. The molecule has 2 aliphatic rings. The largest absolute Gasteiger partial charge is 0.378 e. The summed E-state index contributed by atoms with van der Waals surface area (Å²) < 4.78 is 2.10. The molecule has 0 spiro atoms. The second kappa shape index (κ2) is 8.68. The zero-order chi connectivity index (χ0) is 21.0. The molecule has 5 heteroatoms. The number of aromatic nitrogens is 2. The molecule has 2 aromatic rings. The van der Waals surface area contributed by atoms with Gasteiger partial charge in [0, 0.05) is 26.0 Å². The molecular weight excluding hydrogens is 358 g/mol. The summed E-state index contributed by atoms with van der Waals surface area (Å²) >= 11 is 0. The van der Waals surface area contributed by atoms with Crippen LogP contribution in [0.15, 0.2) is 35.7 Å². The average Bonchev–Trinajstić information content (AvgIpc) is 3.14. The van der Waals surface area contributed by atoms with Gasteiger partial charge in [-0.25, -0.2) is 4.98 Å². The van der Waals surface area contributed by atoms with Crippen molar-refractivity contribution in [1.29, 1.82) is 0 Å². The van der Waals surface area contributed by atoms with Crippen molar-refractivity contribution in [3.05, 3.63) is 52.6 Å². The van der Waals surface area contributed by atoms with Crippen molar-refractivity contribution in [3.8, 4) is 0 Å². The number of imidazole rings is 1. The zero-order valence-electron chi connectivity index (χ0n) is 18.5. The molecule has 0 bridgehead atoms. The van der Waals surface area contributed by atoms with Crippen LogP contribution in [0.1, 0.15) is 45.2 Å². The minimum atomic E-state index is -0.0844. The standard InChI is InChI=1S/C22H27N5.C2H6/c1-5-16-12-17(19-14-23-10-11-24-19)6-7-20(16)27(4)22(2)9-8-18-21(13-22)26(3)15-25-18;1-2/h6-8,10,12-15,24H,5,9,11H2,1-4H3;1-2H3. The minimum Gasteiger partial charge on any atom is -0.378 e. The van der Waals surface area contributed by atoms with Crippen molar-refractivity contribution in [3.63, 3.8) is 0 Å². The van der Waals surface area contributed by atoms with Crippen LogP contribution in [0.25, 0.3) is 17.8 Å². The van der Waals surface area contributed by atoms with Gasteiger partial charge in [-0.2, -0.15) is 0 Å². The van der Waals surface area contributed by atoms with E-state index in [9.17, 15) is 0 Å². The molecule has 29 heavy (non-hydrogen) atoms. The summed E-state index contributed by atoms with van der Waals surface area (Å²) in [6, 6.07) is 6.72. The summed E-state index contributed by atoms with van der Waals surface area (Å²) in [4.78, 5) is 11.2. The summed E-state index contributed by atoms with van der Waals surface area (Å²) in [7, 11) is 4.25. The lowest BCUT2D eigenvalue weighted by atomic mass is 9.90. The number of hydrogen-bond acceptors (Lipinski definition) is 4. The molecule has 2 heterocycles. The van der Waals surface area contributed by atoms with Gasteiger partial charge >= 0.3 is 0 Å². The first kappa shape index (κ1) is 20.9. The van der Waals surface area contributed by atoms with Gasteiger partial charge in [0.15, 0.2) is 0 Å². The average molecular weight is 392 g/mol. The Bertz CT molecular complexity index is 1040. The number of rotatable bonds is 4. The zero-order valence-corrected chi connectivity index (χ0v) is 18.5. The van der Waals surface area contributed by atoms with Crippen LogP contribution in [-0.4, -0.2) is 34.9 Å². The van der Waals surface area contributed by atoms with Crippen LogP contribution in [-0.2, 0) is 13.5 Å². The highest BCUT2D eigenvalue weighted by molar-refractivity contribution is 5.75. The van der Waals surface area contributed by atoms with Crippen LogP contribution >= 0.6 is 0 Å². The Morgan fingerprint density at radius 3 is 2.76 bits per heavy atom. The summed E-state index contributed by atoms with van der Waals surface area (Å²) in [5.74, 6) is 0. The van der Waals surface area contributed by atoms with Gasteiger partial charge in [0.1, 0.15) is 0 Å². The molecule has 0 saturated carbocycles. The van der Waals surface area contributed by atoms with E-state index in [0.717, 1.165) is 30.4 Å². The second-order valence-electron chi connectivity index (χ2n) is 7.55. The fraction of sp³-hybridized carbons (Fsp3) is 0.417. The molecule has 1 aliphatic heterocycles. The number of nitrogens with zero attached hydrogens (tertiary/aromatic N) is 4. The molecule has 0 amide bonds. The summed E-state index contributed by atoms with van der Waals surface area (Å²) in [5.41, 5.74) is 4.82. The number of fused-ring (bicyclic) bond motifs is 1. The van der Waals surface area contributed by atoms with E-state index in [1.807, 2.05) is 32.6 Å². The number of aliphatic imine (C=N–C) groups is 1. The predicted molar refractivity (Wildman–Crippen MR) is 124 cm³/mol. The molecule has 5 nitrogen and oxygen atoms in total. The van der Waals surface area contributed by atoms with Crippen molar-refractivity contribution < 1.29 is 0 Å². The minimum absolute atomic E-state index is 0.0844. The van der Waals surface area contributed by atoms with Crippen molar-refractivity contribution in [2.75, 3.05) is 18.5 Å². The quantitative estimate of drug-likeness (QED) is 0.872. The van der Waals surface area contributed by atoms with Crippen LogP contribution in [0, 0.1) is 0 Å². The molecule has 154 valence electrons. The van der Waals surface area contributed by atoms with Gasteiger partial charge in [-0.3, -0.25) is 4.99 Å². The van der Waals surface area contributed by atoms with E-state index in [4.69, 9.17) is 0 Å². The Morgan fingerprint density at radius 2 is 2.07 bits per heavy atom. The van der Waals surface area contributed by atoms with Gasteiger partial charge in [0.25, 0.3) is 0 Å². The van der Waals surface area contributed by atoms with Crippen LogP contribution in [0.2, 0.25) is 0 Å². The molecule has 1 aliphatic carbocycles. The fourth-order valence-corrected chi connectivity index (χ4v) is 3.88. The molecule has 0 saturated heterocycles. The van der Waals surface area contributed by atoms with Crippen molar-refractivity contribution in [2.24, 2.45) is 12.0 Å². The SMILES string of the molecule is CC.CCc1cc(C2=CN=CCN2)ccc1N(C)C1(C)C=c2c(ncn2C)=CC1. The number of nitrogens with one attached hydrogen (secondary N) is 1. The fourth-order valence-electron chi connectivity index (χ4n) is 3.88. The van der Waals surface area contributed by atoms with Gasteiger partial charge in [-0.05, 0) is 49.1 Å². The Labute approximate surface area is 174 Å². The van der Waals surface area contributed by atoms with Gasteiger partial charge in [0.05, 0.1) is 41.0 Å². The van der Waals surface area contributed by atoms with Crippen molar-refractivity contribution in [1.82, 2.24) is 14.9 Å². The highest BCUT2D eigenvalue weighted by Crippen LogP contribution is 2.32. The molecule has 1 atom stereocenters. The van der Waals surface area contributed by atoms with Gasteiger partial charge < -0.3 is 14.8 Å². The smallest absolute Gasteiger partial charge is 0.0955 e. The molecule has 1 N–H and O–H groups in total. The normalized spacial score (nSPS) is 19.6. The first-order chi connectivity index (χ1) is 14.0. The third-order valence-electron chi connectivity index (χ3n) is 5.76. The van der Waals surface area contributed by atoms with Crippen molar-refractivity contribution in [2.45, 2.75) is 46.1 Å². The first-order valence-corrected chi connectivity index (χ1v) is 10.5. The summed E-state index contributed by atoms with van der Waals surface area (Å²) in [6.45, 7) is 9.30. The van der Waals surface area contributed by atoms with Crippen LogP contribution in [0.3, 0.4) is 0 Å². The highest BCUT2D eigenvalue weighted by Gasteiger charge is 2.29. The second-order valence-corrected chi connectivity index (χ2v) is 7.55. The van der Waals surface area contributed by atoms with E-state index in [1.54, 1.807) is 0 Å². The molecule has 4 rings (SSSR count). The molecule has 1 aromatic heterocycles. The van der Waals surface area contributed by atoms with Gasteiger partial charge in [0.2, 0.25) is 0 Å². The summed E-state index contributed by atoms with van der Waals surface area (Å²) in [6.07, 6.45) is 12.2. The lowest BCUT2D eigenvalue weighted by molar-refractivity contribution is 0.586. The maximum Gasteiger partial charge on any atom is 0.0955 e. The van der Waals surface area contributed by atoms with Gasteiger partial charge in [-0.15, -0.1) is 0 Å². The molecule has 1 aromatic carbocycles. The van der Waals surface area contributed by atoms with E-state index in [0.29, 0.717) is 0 Å². The van der Waals surface area contributed by atoms with Crippen molar-refractivity contribution >= 4 is 29.8 Å². The lowest BCUT2D eigenvalue weighted by Crippen LogP contribution is -2.48. The van der Waals surface area contributed by atoms with Gasteiger partial charge in [-0.1, -0.05) is 32.9 Å². The summed E-state index contributed by atoms with van der Waals surface area (Å²) in [5, 5.41) is 5.68. The van der Waals surface area contributed by atoms with E-state index >= 15 is 0 Å². The van der Waals surface area contributed by atoms with Crippen LogP contribution < -0.4 is 20.9 Å². The van der Waals surface area contributed by atoms with E-state index in [1.165, 1.54) is 22.2 Å². The Balaban J connectivity index is 0.00000117. The Hall–Kier alpha value is -2.82. The number of benzene rings is 1. The first-order valence-electron chi connectivity index (χ1n) is 10.5. The molecule has 1 unspecified atom stereocenters. The maximum atomic E-state index is 4.48. The van der Waals surface area contributed by atoms with E-state index in [-0.39, 0.29) is 5.54 Å². The number of aryl methyl sites for hydroxylation is 2. The maximum absolute atomic E-state index is 4.48. The third kappa shape index (κ3) is 4.00. The third-order valence-corrected chi connectivity index (χ3v) is 5.76. The number of hydrogen-bond donors (Lipinski definition) is 1. The lowest BCUT2D eigenvalue weighted by Gasteiger charge is -2.39. The van der Waals surface area contributed by atoms with Crippen LogP contribution in [0.5, 0.6) is 0 Å². The predicted octanol–water partition coefficient (Wildman–Crippen LogP) is 2.84. The Kier molecular flexibility index (Phi) is 6.26. The van der Waals surface area contributed by atoms with E-state index < -0.39 is 0 Å². The molecular formula is C24H33N5. The molecule has 0 radical (unpaired) electrons. The Morgan fingerprint density at radius 1 is 1.28 bits per heavy atom. The molecule has 0 fully saturated rings. The van der Waals surface area contributed by atoms with Crippen LogP contribution in [0.4, 0.5) is 5.69 Å².